The highest BCUT2D eigenvalue weighted by molar-refractivity contribution is 5.83. The molecule has 1 amide bonds. The van der Waals surface area contributed by atoms with Crippen LogP contribution >= 0.6 is 0 Å². The number of benzene rings is 1. The number of hydrogen-bond donors (Lipinski definition) is 0. The van der Waals surface area contributed by atoms with Gasteiger partial charge in [-0.2, -0.15) is 0 Å². The van der Waals surface area contributed by atoms with Crippen LogP contribution in [0.4, 0.5) is 11.4 Å². The van der Waals surface area contributed by atoms with Crippen LogP contribution in [0.3, 0.4) is 0 Å². The van der Waals surface area contributed by atoms with Crippen molar-refractivity contribution in [2.45, 2.75) is 19.3 Å². The van der Waals surface area contributed by atoms with Crippen LogP contribution in [0.5, 0.6) is 0 Å². The molecule has 1 saturated heterocycles. The molecule has 1 aromatic carbocycles. The van der Waals surface area contributed by atoms with E-state index in [9.17, 15) is 14.9 Å². The molecule has 6 nitrogen and oxygen atoms in total. The van der Waals surface area contributed by atoms with Crippen molar-refractivity contribution < 1.29 is 9.72 Å². The molecule has 0 unspecified atom stereocenters. The summed E-state index contributed by atoms with van der Waals surface area (Å²) < 4.78 is 0. The van der Waals surface area contributed by atoms with Crippen molar-refractivity contribution >= 4 is 23.4 Å². The molecule has 2 rings (SSSR count). The third-order valence-electron chi connectivity index (χ3n) is 3.93. The van der Waals surface area contributed by atoms with Crippen LogP contribution in [0.1, 0.15) is 24.8 Å². The number of nitrogens with zero attached hydrogens (tertiary/aromatic N) is 3. The molecule has 1 aromatic rings. The fourth-order valence-electron chi connectivity index (χ4n) is 2.70. The highest BCUT2D eigenvalue weighted by Gasteiger charge is 2.19. The molecule has 1 aliphatic heterocycles. The first-order valence-electron chi connectivity index (χ1n) is 7.42. The van der Waals surface area contributed by atoms with Crippen molar-refractivity contribution in [3.05, 3.63) is 40.5 Å². The average molecular weight is 303 g/mol. The number of anilines is 1. The number of rotatable bonds is 5. The molecule has 1 aliphatic rings. The van der Waals surface area contributed by atoms with Gasteiger partial charge in [-0.15, -0.1) is 0 Å². The molecule has 0 N–H and O–H groups in total. The Balaban J connectivity index is 2.11. The largest absolute Gasteiger partial charge is 0.365 e. The lowest BCUT2D eigenvalue weighted by Crippen LogP contribution is -2.41. The van der Waals surface area contributed by atoms with Crippen LogP contribution in [0.15, 0.2) is 24.8 Å². The Morgan fingerprint density at radius 2 is 2.09 bits per heavy atom. The topological polar surface area (TPSA) is 66.7 Å². The Bertz CT molecular complexity index is 580. The minimum absolute atomic E-state index is 0.0226. The van der Waals surface area contributed by atoms with Crippen molar-refractivity contribution in [2.24, 2.45) is 0 Å². The predicted octanol–water partition coefficient (Wildman–Crippen LogP) is 2.69. The molecule has 0 aliphatic carbocycles. The number of piperidine rings is 1. The number of likely N-dealkylation sites (tertiary alicyclic amines) is 1. The van der Waals surface area contributed by atoms with Crippen LogP contribution in [-0.2, 0) is 4.79 Å². The van der Waals surface area contributed by atoms with Gasteiger partial charge in [0.05, 0.1) is 11.5 Å². The lowest BCUT2D eigenvalue weighted by molar-refractivity contribution is -0.384. The average Bonchev–Trinajstić information content (AvgIpc) is 2.54. The molecule has 0 atom stereocenters. The fraction of sp³-hybridized carbons (Fsp3) is 0.438. The maximum atomic E-state index is 12.3. The lowest BCUT2D eigenvalue weighted by Gasteiger charge is -2.29. The molecule has 118 valence electrons. The van der Waals surface area contributed by atoms with Gasteiger partial charge in [0.2, 0.25) is 5.91 Å². The highest BCUT2D eigenvalue weighted by Crippen LogP contribution is 2.25. The summed E-state index contributed by atoms with van der Waals surface area (Å²) in [7, 11) is 1.82. The first-order chi connectivity index (χ1) is 10.5. The van der Waals surface area contributed by atoms with E-state index in [0.717, 1.165) is 31.6 Å². The Kier molecular flexibility index (Phi) is 5.14. The standard InChI is InChI=1S/C16H21N3O3/c1-3-13-11-14(19(21)22)7-8-15(13)17(2)12-16(20)18-9-5-4-6-10-18/h3,7-8,11H,1,4-6,9-10,12H2,2H3. The normalized spacial score (nSPS) is 14.5. The Morgan fingerprint density at radius 3 is 2.68 bits per heavy atom. The van der Waals surface area contributed by atoms with Gasteiger partial charge in [0.15, 0.2) is 0 Å². The minimum atomic E-state index is -0.435. The third-order valence-corrected chi connectivity index (χ3v) is 3.93. The molecular weight excluding hydrogens is 282 g/mol. The second-order valence-corrected chi connectivity index (χ2v) is 5.50. The Hall–Kier alpha value is -2.37. The SMILES string of the molecule is C=Cc1cc([N+](=O)[O-])ccc1N(C)CC(=O)N1CCCCC1. The number of non-ortho nitro benzene ring substituents is 1. The maximum Gasteiger partial charge on any atom is 0.270 e. The number of nitro benzene ring substituents is 1. The molecule has 0 radical (unpaired) electrons. The molecule has 6 heteroatoms. The second-order valence-electron chi connectivity index (χ2n) is 5.50. The van der Waals surface area contributed by atoms with Gasteiger partial charge in [-0.05, 0) is 25.3 Å². The summed E-state index contributed by atoms with van der Waals surface area (Å²) in [4.78, 5) is 26.4. The van der Waals surface area contributed by atoms with Gasteiger partial charge in [-0.1, -0.05) is 12.7 Å². The van der Waals surface area contributed by atoms with Crippen molar-refractivity contribution in [1.29, 1.82) is 0 Å². The van der Waals surface area contributed by atoms with E-state index in [-0.39, 0.29) is 18.1 Å². The second kappa shape index (κ2) is 7.06. The summed E-state index contributed by atoms with van der Waals surface area (Å²) in [6.07, 6.45) is 4.88. The summed E-state index contributed by atoms with van der Waals surface area (Å²) in [5, 5.41) is 10.8. The van der Waals surface area contributed by atoms with E-state index in [1.54, 1.807) is 12.1 Å². The number of nitro groups is 1. The molecule has 1 fully saturated rings. The van der Waals surface area contributed by atoms with Crippen molar-refractivity contribution in [3.63, 3.8) is 0 Å². The van der Waals surface area contributed by atoms with Gasteiger partial charge in [0.1, 0.15) is 0 Å². The van der Waals surface area contributed by atoms with E-state index in [0.29, 0.717) is 5.56 Å². The summed E-state index contributed by atoms with van der Waals surface area (Å²) in [6.45, 7) is 5.60. The van der Waals surface area contributed by atoms with E-state index in [2.05, 4.69) is 6.58 Å². The van der Waals surface area contributed by atoms with Crippen LogP contribution in [-0.4, -0.2) is 42.4 Å². The van der Waals surface area contributed by atoms with Crippen molar-refractivity contribution in [3.8, 4) is 0 Å². The lowest BCUT2D eigenvalue weighted by atomic mass is 10.1. The van der Waals surface area contributed by atoms with Gasteiger partial charge < -0.3 is 9.80 Å². The van der Waals surface area contributed by atoms with Crippen LogP contribution < -0.4 is 4.90 Å². The summed E-state index contributed by atoms with van der Waals surface area (Å²) >= 11 is 0. The van der Waals surface area contributed by atoms with E-state index >= 15 is 0 Å². The zero-order valence-corrected chi connectivity index (χ0v) is 12.8. The first kappa shape index (κ1) is 16.0. The van der Waals surface area contributed by atoms with Crippen LogP contribution in [0.25, 0.3) is 6.08 Å². The zero-order chi connectivity index (χ0) is 16.1. The molecule has 0 aromatic heterocycles. The number of carbonyl (C=O) groups excluding carboxylic acids is 1. The van der Waals surface area contributed by atoms with Gasteiger partial charge >= 0.3 is 0 Å². The number of amides is 1. The van der Waals surface area contributed by atoms with Gasteiger partial charge in [0.25, 0.3) is 5.69 Å². The molecule has 0 saturated carbocycles. The smallest absolute Gasteiger partial charge is 0.270 e. The predicted molar refractivity (Wildman–Crippen MR) is 86.9 cm³/mol. The number of carbonyl (C=O) groups is 1. The fourth-order valence-corrected chi connectivity index (χ4v) is 2.70. The Morgan fingerprint density at radius 1 is 1.41 bits per heavy atom. The van der Waals surface area contributed by atoms with Gasteiger partial charge in [-0.3, -0.25) is 14.9 Å². The molecule has 22 heavy (non-hydrogen) atoms. The summed E-state index contributed by atoms with van der Waals surface area (Å²) in [5.41, 5.74) is 1.45. The van der Waals surface area contributed by atoms with E-state index < -0.39 is 4.92 Å². The molecular formula is C16H21N3O3. The molecule has 0 spiro atoms. The molecule has 1 heterocycles. The third kappa shape index (κ3) is 3.63. The van der Waals surface area contributed by atoms with E-state index in [1.807, 2.05) is 16.8 Å². The van der Waals surface area contributed by atoms with Crippen molar-refractivity contribution in [1.82, 2.24) is 4.90 Å². The number of likely N-dealkylation sites (N-methyl/N-ethyl adjacent to an activating group) is 1. The van der Waals surface area contributed by atoms with Gasteiger partial charge in [-0.25, -0.2) is 0 Å². The quantitative estimate of drug-likeness (QED) is 0.619. The van der Waals surface area contributed by atoms with Crippen molar-refractivity contribution in [2.75, 3.05) is 31.6 Å². The van der Waals surface area contributed by atoms with E-state index in [1.165, 1.54) is 18.6 Å². The summed E-state index contributed by atoms with van der Waals surface area (Å²) in [5.74, 6) is 0.0931. The highest BCUT2D eigenvalue weighted by atomic mass is 16.6. The summed E-state index contributed by atoms with van der Waals surface area (Å²) in [6, 6.07) is 4.59. The van der Waals surface area contributed by atoms with Gasteiger partial charge in [0, 0.05) is 43.5 Å². The van der Waals surface area contributed by atoms with E-state index in [4.69, 9.17) is 0 Å². The monoisotopic (exact) mass is 303 g/mol. The Labute approximate surface area is 130 Å². The maximum absolute atomic E-state index is 12.3. The zero-order valence-electron chi connectivity index (χ0n) is 12.8. The van der Waals surface area contributed by atoms with Crippen LogP contribution in [0, 0.1) is 10.1 Å². The number of hydrogen-bond acceptors (Lipinski definition) is 4. The first-order valence-corrected chi connectivity index (χ1v) is 7.42. The molecule has 0 bridgehead atoms. The van der Waals surface area contributed by atoms with Crippen LogP contribution in [0.2, 0.25) is 0 Å². The minimum Gasteiger partial charge on any atom is -0.365 e.